The molecule has 0 fully saturated rings. The van der Waals surface area contributed by atoms with Crippen LogP contribution in [0.2, 0.25) is 0 Å². The number of hydrogen-bond acceptors (Lipinski definition) is 8. The van der Waals surface area contributed by atoms with Crippen LogP contribution in [0, 0.1) is 13.8 Å². The van der Waals surface area contributed by atoms with Gasteiger partial charge in [-0.15, -0.1) is 45.3 Å². The van der Waals surface area contributed by atoms with Gasteiger partial charge in [0.25, 0.3) is 0 Å². The van der Waals surface area contributed by atoms with Gasteiger partial charge in [-0.2, -0.15) is 10.2 Å². The number of hydrogen-bond donors (Lipinski definition) is 2. The molecule has 222 valence electrons. The van der Waals surface area contributed by atoms with Crippen molar-refractivity contribution in [1.29, 1.82) is 0 Å². The quantitative estimate of drug-likeness (QED) is 0.174. The van der Waals surface area contributed by atoms with E-state index in [1.54, 1.807) is 0 Å². The molecule has 4 nitrogen and oxygen atoms in total. The number of thiophene rings is 4. The van der Waals surface area contributed by atoms with Gasteiger partial charge in [-0.3, -0.25) is 10.9 Å². The van der Waals surface area contributed by atoms with Crippen molar-refractivity contribution < 1.29 is 0 Å². The molecule has 2 N–H and O–H groups in total. The van der Waals surface area contributed by atoms with E-state index >= 15 is 0 Å². The van der Waals surface area contributed by atoms with E-state index in [1.807, 2.05) is 106 Å². The van der Waals surface area contributed by atoms with Crippen molar-refractivity contribution >= 4 is 98.4 Å². The minimum Gasteiger partial charge on any atom is -0.278 e. The lowest BCUT2D eigenvalue weighted by molar-refractivity contribution is 1.25. The number of para-hydroxylation sites is 2. The predicted molar refractivity (Wildman–Crippen MR) is 202 cm³/mol. The molecule has 0 saturated heterocycles. The fourth-order valence-electron chi connectivity index (χ4n) is 6.08. The monoisotopic (exact) mass is 666 g/mol. The average molecular weight is 667 g/mol. The molecule has 0 spiro atoms. The number of benzene rings is 3. The summed E-state index contributed by atoms with van der Waals surface area (Å²) in [6.45, 7) is 4.33. The molecule has 0 bridgehead atoms. The summed E-state index contributed by atoms with van der Waals surface area (Å²) in [7, 11) is 0. The van der Waals surface area contributed by atoms with E-state index in [9.17, 15) is 0 Å². The molecular formula is C38H26N4S4. The molecule has 0 radical (unpaired) electrons. The van der Waals surface area contributed by atoms with E-state index in [0.717, 1.165) is 32.9 Å². The summed E-state index contributed by atoms with van der Waals surface area (Å²) in [6.07, 6.45) is 0. The molecule has 4 aromatic heterocycles. The van der Waals surface area contributed by atoms with Gasteiger partial charge < -0.3 is 0 Å². The highest BCUT2D eigenvalue weighted by molar-refractivity contribution is 7.27. The molecule has 9 rings (SSSR count). The van der Waals surface area contributed by atoms with Crippen LogP contribution >= 0.6 is 45.3 Å². The van der Waals surface area contributed by atoms with E-state index in [2.05, 4.69) is 73.2 Å². The maximum absolute atomic E-state index is 5.06. The van der Waals surface area contributed by atoms with Crippen molar-refractivity contribution in [3.05, 3.63) is 130 Å². The lowest BCUT2D eigenvalue weighted by Crippen LogP contribution is -2.05. The van der Waals surface area contributed by atoms with Gasteiger partial charge in [0.2, 0.25) is 0 Å². The fourth-order valence-corrected chi connectivity index (χ4v) is 10.4. The molecule has 8 heteroatoms. The van der Waals surface area contributed by atoms with Crippen LogP contribution in [-0.4, -0.2) is 0 Å². The number of nitrogens with one attached hydrogen (secondary N) is 2. The van der Waals surface area contributed by atoms with E-state index in [1.165, 1.54) is 60.2 Å². The Hall–Kier alpha value is -4.60. The summed E-state index contributed by atoms with van der Waals surface area (Å²) in [5.41, 5.74) is 8.63. The molecule has 0 aliphatic rings. The summed E-state index contributed by atoms with van der Waals surface area (Å²) in [4.78, 5) is 7.77. The third-order valence-electron chi connectivity index (χ3n) is 8.24. The molecular weight excluding hydrogens is 641 g/mol. The SMILES string of the molecule is Cc1ccc(-c2cc3/c(=N\Nc4ccccc4)c4cc5c(cc4c3s2)/c(=N/Nc2ccccc2)c2cc(-c3ccc(C)s3)sc25)s1. The second-order valence-electron chi connectivity index (χ2n) is 11.3. The predicted octanol–water partition coefficient (Wildman–Crippen LogP) is 11.2. The van der Waals surface area contributed by atoms with E-state index in [-0.39, 0.29) is 0 Å². The van der Waals surface area contributed by atoms with E-state index < -0.39 is 0 Å². The fraction of sp³-hybridized carbons (Fsp3) is 0.0526. The number of rotatable bonds is 6. The van der Waals surface area contributed by atoms with Gasteiger partial charge >= 0.3 is 0 Å². The normalized spacial score (nSPS) is 12.8. The van der Waals surface area contributed by atoms with Crippen LogP contribution in [0.4, 0.5) is 11.4 Å². The van der Waals surface area contributed by atoms with Gasteiger partial charge in [-0.25, -0.2) is 0 Å². The zero-order chi connectivity index (χ0) is 30.8. The van der Waals surface area contributed by atoms with Gasteiger partial charge in [-0.1, -0.05) is 36.4 Å². The lowest BCUT2D eigenvalue weighted by atomic mass is 10.1. The summed E-state index contributed by atoms with van der Waals surface area (Å²) in [5, 5.41) is 19.2. The van der Waals surface area contributed by atoms with Crippen LogP contribution in [0.25, 0.3) is 61.2 Å². The van der Waals surface area contributed by atoms with Gasteiger partial charge in [0.15, 0.2) is 0 Å². The number of aryl methyl sites for hydroxylation is 2. The lowest BCUT2D eigenvalue weighted by Gasteiger charge is -2.00. The molecule has 0 saturated carbocycles. The first kappa shape index (κ1) is 27.7. The van der Waals surface area contributed by atoms with Crippen LogP contribution in [-0.2, 0) is 0 Å². The Labute approximate surface area is 280 Å². The van der Waals surface area contributed by atoms with Crippen molar-refractivity contribution in [3.8, 4) is 19.5 Å². The van der Waals surface area contributed by atoms with Crippen LogP contribution in [0.15, 0.2) is 119 Å². The van der Waals surface area contributed by atoms with Crippen LogP contribution in [0.3, 0.4) is 0 Å². The molecule has 0 aliphatic carbocycles. The number of fused-ring (bicyclic) bond motifs is 6. The standard InChI is InChI=1S/C38H26N4S4/c1-21-13-15-31(43-21)33-19-29-35(41-39-23-9-5-3-6-10-23)25-18-28-26(17-27(25)37(29)45-33)36(42-40-24-11-7-4-8-12-24)30-20-34(46-38(28)30)32-16-14-22(2)44-32/h3-20,39-40H,1-2H3/b41-35-,42-36-. The zero-order valence-corrected chi connectivity index (χ0v) is 28.2. The molecule has 4 heterocycles. The third kappa shape index (κ3) is 4.68. The first-order valence-electron chi connectivity index (χ1n) is 15.0. The van der Waals surface area contributed by atoms with Crippen molar-refractivity contribution in [2.45, 2.75) is 13.8 Å². The Morgan fingerprint density at radius 2 is 0.848 bits per heavy atom. The van der Waals surface area contributed by atoms with Gasteiger partial charge in [0.1, 0.15) is 0 Å². The molecule has 46 heavy (non-hydrogen) atoms. The van der Waals surface area contributed by atoms with E-state index in [4.69, 9.17) is 10.2 Å². The zero-order valence-electron chi connectivity index (χ0n) is 24.9. The van der Waals surface area contributed by atoms with Crippen LogP contribution in [0.1, 0.15) is 9.75 Å². The smallest absolute Gasteiger partial charge is 0.0999 e. The average Bonchev–Trinajstić information content (AvgIpc) is 3.92. The minimum absolute atomic E-state index is 0.966. The molecule has 9 aromatic rings. The Balaban J connectivity index is 1.33. The van der Waals surface area contributed by atoms with Crippen molar-refractivity contribution in [1.82, 2.24) is 0 Å². The van der Waals surface area contributed by atoms with Gasteiger partial charge in [0, 0.05) is 71.0 Å². The topological polar surface area (TPSA) is 48.8 Å². The largest absolute Gasteiger partial charge is 0.278 e. The second-order valence-corrected chi connectivity index (χ2v) is 16.0. The summed E-state index contributed by atoms with van der Waals surface area (Å²) < 4.78 is 2.51. The Kier molecular flexibility index (Phi) is 6.64. The van der Waals surface area contributed by atoms with Gasteiger partial charge in [-0.05, 0) is 86.6 Å². The van der Waals surface area contributed by atoms with Crippen molar-refractivity contribution in [2.75, 3.05) is 10.9 Å². The Morgan fingerprint density at radius 3 is 1.24 bits per heavy atom. The number of nitrogens with zero attached hydrogens (tertiary/aromatic N) is 2. The summed E-state index contributed by atoms with van der Waals surface area (Å²) in [5.74, 6) is 0. The van der Waals surface area contributed by atoms with E-state index in [0.29, 0.717) is 0 Å². The minimum atomic E-state index is 0.966. The highest BCUT2D eigenvalue weighted by Gasteiger charge is 2.20. The molecule has 0 amide bonds. The van der Waals surface area contributed by atoms with Crippen LogP contribution in [0.5, 0.6) is 0 Å². The molecule has 0 aliphatic heterocycles. The third-order valence-corrected chi connectivity index (χ3v) is 13.0. The first-order chi connectivity index (χ1) is 22.6. The van der Waals surface area contributed by atoms with Crippen LogP contribution < -0.4 is 21.6 Å². The van der Waals surface area contributed by atoms with Crippen molar-refractivity contribution in [3.63, 3.8) is 0 Å². The Bertz CT molecular complexity index is 2480. The first-order valence-corrected chi connectivity index (χ1v) is 18.2. The number of anilines is 2. The highest BCUT2D eigenvalue weighted by atomic mass is 32.1. The molecule has 0 atom stereocenters. The Morgan fingerprint density at radius 1 is 0.413 bits per heavy atom. The molecule has 0 unspecified atom stereocenters. The van der Waals surface area contributed by atoms with Crippen molar-refractivity contribution in [2.24, 2.45) is 10.2 Å². The summed E-state index contributed by atoms with van der Waals surface area (Å²) >= 11 is 7.38. The highest BCUT2D eigenvalue weighted by Crippen LogP contribution is 2.44. The summed E-state index contributed by atoms with van der Waals surface area (Å²) in [6, 6.07) is 38.5. The molecule has 5 aromatic carbocycles. The second kappa shape index (κ2) is 11.0. The maximum atomic E-state index is 5.06. The maximum Gasteiger partial charge on any atom is 0.0999 e. The van der Waals surface area contributed by atoms with Gasteiger partial charge in [0.05, 0.1) is 22.1 Å².